The van der Waals surface area contributed by atoms with Gasteiger partial charge in [0.05, 0.1) is 29.2 Å². The summed E-state index contributed by atoms with van der Waals surface area (Å²) in [7, 11) is 1.54. The molecule has 0 radical (unpaired) electrons. The number of benzene rings is 2. The maximum Gasteiger partial charge on any atom is 0.249 e. The smallest absolute Gasteiger partial charge is 0.249 e. The van der Waals surface area contributed by atoms with E-state index >= 15 is 0 Å². The molecule has 2 aromatic carbocycles. The SMILES string of the molecule is COc1ccc2ncc(Cl)c(C(O)CCC3(C(=O)NO)CCN(CCNc4cc(F)c(F)c(F)c4)CC3)c2c1. The summed E-state index contributed by atoms with van der Waals surface area (Å²) < 4.78 is 45.3. The van der Waals surface area contributed by atoms with Crippen LogP contribution in [0.2, 0.25) is 5.02 Å². The van der Waals surface area contributed by atoms with E-state index in [4.69, 9.17) is 16.3 Å². The standard InChI is InChI=1S/C27H30ClF3N4O4/c1-39-17-2-3-22-18(14-17)24(19(28)15-33-22)23(36)4-5-27(26(37)34-38)6-9-35(10-7-27)11-8-32-16-12-20(29)25(31)21(30)13-16/h2-3,12-15,23,32,36,38H,4-11H2,1H3,(H,34,37). The van der Waals surface area contributed by atoms with Crippen LogP contribution in [0.1, 0.15) is 37.4 Å². The van der Waals surface area contributed by atoms with Crippen molar-refractivity contribution >= 4 is 34.1 Å². The first kappa shape index (κ1) is 28.9. The predicted octanol–water partition coefficient (Wildman–Crippen LogP) is 4.83. The summed E-state index contributed by atoms with van der Waals surface area (Å²) in [5.41, 5.74) is 2.15. The molecule has 1 amide bonds. The van der Waals surface area contributed by atoms with Crippen LogP contribution in [0.3, 0.4) is 0 Å². The zero-order chi connectivity index (χ0) is 28.2. The van der Waals surface area contributed by atoms with Crippen LogP contribution in [-0.2, 0) is 4.79 Å². The number of nitrogens with one attached hydrogen (secondary N) is 2. The Kier molecular flexibility index (Phi) is 9.16. The van der Waals surface area contributed by atoms with Crippen LogP contribution in [0.4, 0.5) is 18.9 Å². The number of hydrogen-bond acceptors (Lipinski definition) is 7. The molecule has 4 rings (SSSR count). The highest BCUT2D eigenvalue weighted by atomic mass is 35.5. The number of nitrogens with zero attached hydrogens (tertiary/aromatic N) is 2. The third-order valence-electron chi connectivity index (χ3n) is 7.44. The number of rotatable bonds is 10. The minimum Gasteiger partial charge on any atom is -0.497 e. The molecular weight excluding hydrogens is 537 g/mol. The quantitative estimate of drug-likeness (QED) is 0.158. The third kappa shape index (κ3) is 6.38. The number of pyridine rings is 1. The fourth-order valence-electron chi connectivity index (χ4n) is 5.12. The van der Waals surface area contributed by atoms with Crippen molar-refractivity contribution in [1.82, 2.24) is 15.4 Å². The van der Waals surface area contributed by atoms with Crippen LogP contribution in [-0.4, -0.2) is 59.4 Å². The predicted molar refractivity (Wildman–Crippen MR) is 140 cm³/mol. The van der Waals surface area contributed by atoms with Gasteiger partial charge in [0.2, 0.25) is 5.91 Å². The van der Waals surface area contributed by atoms with E-state index in [2.05, 4.69) is 15.2 Å². The van der Waals surface area contributed by atoms with Crippen molar-refractivity contribution in [3.8, 4) is 5.75 Å². The zero-order valence-corrected chi connectivity index (χ0v) is 22.1. The van der Waals surface area contributed by atoms with Gasteiger partial charge in [-0.1, -0.05) is 11.6 Å². The molecule has 0 saturated carbocycles. The Labute approximate surface area is 228 Å². The molecule has 1 fully saturated rings. The topological polar surface area (TPSA) is 107 Å². The average Bonchev–Trinajstić information content (AvgIpc) is 2.94. The molecule has 1 aliphatic heterocycles. The van der Waals surface area contributed by atoms with Gasteiger partial charge in [-0.3, -0.25) is 15.0 Å². The van der Waals surface area contributed by atoms with E-state index in [0.717, 1.165) is 12.1 Å². The van der Waals surface area contributed by atoms with Crippen molar-refractivity contribution in [1.29, 1.82) is 0 Å². The van der Waals surface area contributed by atoms with E-state index in [1.165, 1.54) is 13.3 Å². The number of aliphatic hydroxyl groups excluding tert-OH is 1. The molecule has 8 nitrogen and oxygen atoms in total. The first-order chi connectivity index (χ1) is 18.7. The number of amides is 1. The lowest BCUT2D eigenvalue weighted by Crippen LogP contribution is -2.49. The lowest BCUT2D eigenvalue weighted by molar-refractivity contribution is -0.143. The number of ether oxygens (including phenoxy) is 1. The van der Waals surface area contributed by atoms with Crippen LogP contribution in [0, 0.1) is 22.9 Å². The normalized spacial score (nSPS) is 16.2. The van der Waals surface area contributed by atoms with Gasteiger partial charge in [-0.05, 0) is 57.0 Å². The minimum absolute atomic E-state index is 0.131. The summed E-state index contributed by atoms with van der Waals surface area (Å²) in [4.78, 5) is 19.2. The van der Waals surface area contributed by atoms with Crippen molar-refractivity contribution in [2.24, 2.45) is 5.41 Å². The van der Waals surface area contributed by atoms with Gasteiger partial charge in [0.15, 0.2) is 17.5 Å². The number of fused-ring (bicyclic) bond motifs is 1. The van der Waals surface area contributed by atoms with Gasteiger partial charge in [0.1, 0.15) is 5.75 Å². The Morgan fingerprint density at radius 1 is 1.21 bits per heavy atom. The fourth-order valence-corrected chi connectivity index (χ4v) is 5.40. The highest BCUT2D eigenvalue weighted by molar-refractivity contribution is 6.32. The summed E-state index contributed by atoms with van der Waals surface area (Å²) in [6.45, 7) is 1.90. The molecule has 12 heteroatoms. The Hall–Kier alpha value is -3.12. The second kappa shape index (κ2) is 12.4. The Morgan fingerprint density at radius 2 is 1.90 bits per heavy atom. The molecule has 1 atom stereocenters. The molecule has 1 unspecified atom stereocenters. The third-order valence-corrected chi connectivity index (χ3v) is 7.74. The number of hydrogen-bond donors (Lipinski definition) is 4. The number of hydroxylamine groups is 1. The highest BCUT2D eigenvalue weighted by Gasteiger charge is 2.41. The Balaban J connectivity index is 1.39. The van der Waals surface area contributed by atoms with Crippen molar-refractivity contribution < 1.29 is 33.0 Å². The van der Waals surface area contributed by atoms with E-state index in [1.807, 2.05) is 0 Å². The monoisotopic (exact) mass is 566 g/mol. The molecule has 0 aliphatic carbocycles. The number of piperidine rings is 1. The number of aromatic nitrogens is 1. The van der Waals surface area contributed by atoms with Gasteiger partial charge in [-0.2, -0.15) is 0 Å². The highest BCUT2D eigenvalue weighted by Crippen LogP contribution is 2.41. The molecule has 210 valence electrons. The van der Waals surface area contributed by atoms with E-state index in [-0.39, 0.29) is 12.1 Å². The van der Waals surface area contributed by atoms with Gasteiger partial charge in [-0.15, -0.1) is 0 Å². The maximum absolute atomic E-state index is 13.4. The summed E-state index contributed by atoms with van der Waals surface area (Å²) >= 11 is 6.42. The molecule has 1 aromatic heterocycles. The second-order valence-corrected chi connectivity index (χ2v) is 10.1. The van der Waals surface area contributed by atoms with Crippen LogP contribution in [0.15, 0.2) is 36.5 Å². The van der Waals surface area contributed by atoms with Crippen molar-refractivity contribution in [3.63, 3.8) is 0 Å². The van der Waals surface area contributed by atoms with E-state index in [9.17, 15) is 28.3 Å². The minimum atomic E-state index is -1.51. The van der Waals surface area contributed by atoms with Crippen molar-refractivity contribution in [2.45, 2.75) is 31.8 Å². The molecule has 4 N–H and O–H groups in total. The number of anilines is 1. The molecule has 39 heavy (non-hydrogen) atoms. The van der Waals surface area contributed by atoms with Crippen molar-refractivity contribution in [3.05, 3.63) is 64.6 Å². The fraction of sp³-hybridized carbons (Fsp3) is 0.407. The van der Waals surface area contributed by atoms with Crippen molar-refractivity contribution in [2.75, 3.05) is 38.6 Å². The molecular formula is C27H30ClF3N4O4. The number of halogens is 4. The lowest BCUT2D eigenvalue weighted by Gasteiger charge is -2.40. The van der Waals surface area contributed by atoms with Gasteiger partial charge in [0.25, 0.3) is 0 Å². The summed E-state index contributed by atoms with van der Waals surface area (Å²) in [6.07, 6.45) is 1.84. The Bertz CT molecular complexity index is 1310. The largest absolute Gasteiger partial charge is 0.497 e. The first-order valence-corrected chi connectivity index (χ1v) is 12.9. The summed E-state index contributed by atoms with van der Waals surface area (Å²) in [6, 6.07) is 7.08. The molecule has 1 aliphatic rings. The first-order valence-electron chi connectivity index (χ1n) is 12.5. The zero-order valence-electron chi connectivity index (χ0n) is 21.3. The van der Waals surface area contributed by atoms with Crippen LogP contribution >= 0.6 is 11.6 Å². The molecule has 0 bridgehead atoms. The van der Waals surface area contributed by atoms with E-state index < -0.39 is 34.9 Å². The van der Waals surface area contributed by atoms with Crippen LogP contribution in [0.5, 0.6) is 5.75 Å². The second-order valence-electron chi connectivity index (χ2n) is 9.70. The average molecular weight is 567 g/mol. The number of methoxy groups -OCH3 is 1. The lowest BCUT2D eigenvalue weighted by atomic mass is 9.73. The molecule has 1 saturated heterocycles. The molecule has 0 spiro atoms. The number of likely N-dealkylation sites (tertiary alicyclic amines) is 1. The summed E-state index contributed by atoms with van der Waals surface area (Å²) in [5, 5.41) is 24.4. The molecule has 3 aromatic rings. The number of aliphatic hydroxyl groups is 1. The van der Waals surface area contributed by atoms with Gasteiger partial charge in [0, 0.05) is 48.1 Å². The van der Waals surface area contributed by atoms with Crippen LogP contribution < -0.4 is 15.5 Å². The van der Waals surface area contributed by atoms with E-state index in [0.29, 0.717) is 72.7 Å². The number of carbonyl (C=O) groups is 1. The van der Waals surface area contributed by atoms with Gasteiger partial charge < -0.3 is 20.1 Å². The maximum atomic E-state index is 13.4. The van der Waals surface area contributed by atoms with Gasteiger partial charge >= 0.3 is 0 Å². The Morgan fingerprint density at radius 3 is 2.54 bits per heavy atom. The van der Waals surface area contributed by atoms with Gasteiger partial charge in [-0.25, -0.2) is 18.7 Å². The van der Waals surface area contributed by atoms with Crippen LogP contribution in [0.25, 0.3) is 10.9 Å². The molecule has 2 heterocycles. The van der Waals surface area contributed by atoms with E-state index in [1.54, 1.807) is 23.7 Å². The summed E-state index contributed by atoms with van der Waals surface area (Å²) in [5.74, 6) is -3.97. The number of carbonyl (C=O) groups excluding carboxylic acids is 1.